The van der Waals surface area contributed by atoms with Gasteiger partial charge >= 0.3 is 0 Å². The van der Waals surface area contributed by atoms with Gasteiger partial charge in [0, 0.05) is 17.6 Å². The fraction of sp³-hybridized carbons (Fsp3) is 0.158. The molecule has 124 valence electrons. The van der Waals surface area contributed by atoms with E-state index in [0.717, 1.165) is 39.4 Å². The second-order valence-corrected chi connectivity index (χ2v) is 5.79. The third kappa shape index (κ3) is 2.71. The molecule has 0 bridgehead atoms. The predicted molar refractivity (Wildman–Crippen MR) is 97.5 cm³/mol. The lowest BCUT2D eigenvalue weighted by atomic mass is 10.1. The van der Waals surface area contributed by atoms with Gasteiger partial charge in [-0.3, -0.25) is 4.98 Å². The van der Waals surface area contributed by atoms with Crippen LogP contribution in [0.4, 0.5) is 0 Å². The van der Waals surface area contributed by atoms with Gasteiger partial charge in [-0.15, -0.1) is 5.10 Å². The highest BCUT2D eigenvalue weighted by atomic mass is 16.5. The number of hydrogen-bond donors (Lipinski definition) is 0. The van der Waals surface area contributed by atoms with Gasteiger partial charge in [0.15, 0.2) is 11.5 Å². The molecule has 0 saturated carbocycles. The van der Waals surface area contributed by atoms with E-state index in [-0.39, 0.29) is 0 Å². The first-order valence-electron chi connectivity index (χ1n) is 7.96. The second-order valence-electron chi connectivity index (χ2n) is 5.79. The Bertz CT molecular complexity index is 1070. The summed E-state index contributed by atoms with van der Waals surface area (Å²) in [4.78, 5) is 13.5. The van der Waals surface area contributed by atoms with Crippen LogP contribution in [0.1, 0.15) is 22.9 Å². The highest BCUT2D eigenvalue weighted by molar-refractivity contribution is 5.86. The van der Waals surface area contributed by atoms with Crippen molar-refractivity contribution < 1.29 is 4.74 Å². The van der Waals surface area contributed by atoms with E-state index < -0.39 is 0 Å². The normalized spacial score (nSPS) is 11.6. The number of hydrogen-bond acceptors (Lipinski definition) is 5. The maximum absolute atomic E-state index is 5.48. The van der Waals surface area contributed by atoms with Crippen LogP contribution in [0.2, 0.25) is 0 Å². The number of rotatable bonds is 3. The quantitative estimate of drug-likeness (QED) is 0.575. The molecule has 0 amide bonds. The molecule has 6 heteroatoms. The van der Waals surface area contributed by atoms with Crippen LogP contribution in [0, 0.1) is 13.8 Å². The van der Waals surface area contributed by atoms with E-state index in [1.165, 1.54) is 0 Å². The van der Waals surface area contributed by atoms with Gasteiger partial charge in [0.2, 0.25) is 0 Å². The molecule has 4 aromatic rings. The van der Waals surface area contributed by atoms with Crippen LogP contribution in [-0.2, 0) is 0 Å². The summed E-state index contributed by atoms with van der Waals surface area (Å²) >= 11 is 0. The minimum atomic E-state index is 0.619. The smallest absolute Gasteiger partial charge is 0.177 e. The fourth-order valence-electron chi connectivity index (χ4n) is 2.76. The highest BCUT2D eigenvalue weighted by Gasteiger charge is 2.08. The van der Waals surface area contributed by atoms with Crippen molar-refractivity contribution in [2.45, 2.75) is 13.8 Å². The molecule has 1 aromatic carbocycles. The summed E-state index contributed by atoms with van der Waals surface area (Å²) in [5.74, 6) is 1.41. The first-order valence-corrected chi connectivity index (χ1v) is 7.96. The van der Waals surface area contributed by atoms with Crippen LogP contribution >= 0.6 is 0 Å². The maximum atomic E-state index is 5.48. The number of pyridine rings is 1. The molecule has 0 aliphatic carbocycles. The molecular weight excluding hydrogens is 314 g/mol. The number of aromatic nitrogens is 5. The average Bonchev–Trinajstić information content (AvgIpc) is 3.08. The Morgan fingerprint density at radius 2 is 1.92 bits per heavy atom. The first kappa shape index (κ1) is 15.3. The SMILES string of the molecule is COc1cc(/C=C/c2nc3c(C)ncc(C)n3n2)nc2ccccc12. The van der Waals surface area contributed by atoms with Crippen LogP contribution in [0.5, 0.6) is 5.75 Å². The second kappa shape index (κ2) is 5.98. The Morgan fingerprint density at radius 1 is 1.08 bits per heavy atom. The summed E-state index contributed by atoms with van der Waals surface area (Å²) in [6.45, 7) is 3.88. The van der Waals surface area contributed by atoms with Crippen molar-refractivity contribution in [2.75, 3.05) is 7.11 Å². The first-order chi connectivity index (χ1) is 12.2. The fourth-order valence-corrected chi connectivity index (χ4v) is 2.76. The van der Waals surface area contributed by atoms with Crippen molar-refractivity contribution in [3.05, 3.63) is 59.4 Å². The summed E-state index contributed by atoms with van der Waals surface area (Å²) < 4.78 is 7.28. The van der Waals surface area contributed by atoms with E-state index in [9.17, 15) is 0 Å². The largest absolute Gasteiger partial charge is 0.496 e. The Hall–Kier alpha value is -3.28. The molecule has 0 aliphatic heterocycles. The Morgan fingerprint density at radius 3 is 2.72 bits per heavy atom. The standard InChI is InChI=1S/C19H17N5O/c1-12-11-20-13(2)19-22-18(23-24(12)19)9-8-14-10-17(25-3)15-6-4-5-7-16(15)21-14/h4-11H,1-3H3/b9-8+. The third-order valence-corrected chi connectivity index (χ3v) is 4.05. The topological polar surface area (TPSA) is 65.2 Å². The molecule has 0 radical (unpaired) electrons. The van der Waals surface area contributed by atoms with Crippen molar-refractivity contribution in [1.29, 1.82) is 0 Å². The molecule has 3 aromatic heterocycles. The van der Waals surface area contributed by atoms with Gasteiger partial charge < -0.3 is 4.74 Å². The number of aryl methyl sites for hydroxylation is 2. The molecule has 0 aliphatic rings. The molecule has 0 spiro atoms. The zero-order valence-corrected chi connectivity index (χ0v) is 14.3. The number of nitrogens with zero attached hydrogens (tertiary/aromatic N) is 5. The minimum Gasteiger partial charge on any atom is -0.496 e. The van der Waals surface area contributed by atoms with Gasteiger partial charge in [-0.05, 0) is 38.1 Å². The number of methoxy groups -OCH3 is 1. The van der Waals surface area contributed by atoms with E-state index >= 15 is 0 Å². The molecule has 0 unspecified atom stereocenters. The van der Waals surface area contributed by atoms with Gasteiger partial charge in [-0.2, -0.15) is 0 Å². The van der Waals surface area contributed by atoms with E-state index in [1.807, 2.05) is 56.3 Å². The van der Waals surface area contributed by atoms with Crippen molar-refractivity contribution >= 4 is 28.7 Å². The molecule has 4 rings (SSSR count). The number of benzene rings is 1. The van der Waals surface area contributed by atoms with Gasteiger partial charge in [-0.25, -0.2) is 14.5 Å². The maximum Gasteiger partial charge on any atom is 0.177 e. The lowest BCUT2D eigenvalue weighted by Gasteiger charge is -2.06. The molecule has 3 heterocycles. The van der Waals surface area contributed by atoms with Crippen LogP contribution < -0.4 is 4.74 Å². The monoisotopic (exact) mass is 331 g/mol. The van der Waals surface area contributed by atoms with Crippen molar-refractivity contribution in [3.8, 4) is 5.75 Å². The lowest BCUT2D eigenvalue weighted by Crippen LogP contribution is -1.97. The summed E-state index contributed by atoms with van der Waals surface area (Å²) in [5, 5.41) is 5.50. The average molecular weight is 331 g/mol. The molecule has 6 nitrogen and oxygen atoms in total. The molecule has 25 heavy (non-hydrogen) atoms. The van der Waals surface area contributed by atoms with Gasteiger partial charge in [0.25, 0.3) is 0 Å². The van der Waals surface area contributed by atoms with Crippen LogP contribution in [0.3, 0.4) is 0 Å². The Balaban J connectivity index is 1.76. The number of fused-ring (bicyclic) bond motifs is 2. The molecule has 0 saturated heterocycles. The molecule has 0 fully saturated rings. The molecular formula is C19H17N5O. The Kier molecular flexibility index (Phi) is 3.65. The van der Waals surface area contributed by atoms with Gasteiger partial charge in [-0.1, -0.05) is 12.1 Å². The van der Waals surface area contributed by atoms with E-state index in [2.05, 4.69) is 20.1 Å². The lowest BCUT2D eigenvalue weighted by molar-refractivity contribution is 0.419. The summed E-state index contributed by atoms with van der Waals surface area (Å²) in [6.07, 6.45) is 5.53. The summed E-state index contributed by atoms with van der Waals surface area (Å²) in [5.41, 5.74) is 4.24. The molecule has 0 atom stereocenters. The van der Waals surface area contributed by atoms with Gasteiger partial charge in [0.1, 0.15) is 5.75 Å². The summed E-state index contributed by atoms with van der Waals surface area (Å²) in [6, 6.07) is 9.81. The Labute approximate surface area is 144 Å². The van der Waals surface area contributed by atoms with E-state index in [0.29, 0.717) is 5.82 Å². The van der Waals surface area contributed by atoms with Crippen molar-refractivity contribution in [1.82, 2.24) is 24.6 Å². The van der Waals surface area contributed by atoms with Crippen molar-refractivity contribution in [2.24, 2.45) is 0 Å². The minimum absolute atomic E-state index is 0.619. The number of para-hydroxylation sites is 1. The van der Waals surface area contributed by atoms with Gasteiger partial charge in [0.05, 0.1) is 29.7 Å². The van der Waals surface area contributed by atoms with E-state index in [1.54, 1.807) is 17.8 Å². The van der Waals surface area contributed by atoms with Crippen LogP contribution in [0.25, 0.3) is 28.7 Å². The third-order valence-electron chi connectivity index (χ3n) is 4.05. The zero-order valence-electron chi connectivity index (χ0n) is 14.3. The predicted octanol–water partition coefficient (Wildman–Crippen LogP) is 3.47. The van der Waals surface area contributed by atoms with Crippen molar-refractivity contribution in [3.63, 3.8) is 0 Å². The highest BCUT2D eigenvalue weighted by Crippen LogP contribution is 2.25. The van der Waals surface area contributed by atoms with Crippen LogP contribution in [-0.4, -0.2) is 31.7 Å². The summed E-state index contributed by atoms with van der Waals surface area (Å²) in [7, 11) is 1.66. The number of ether oxygens (including phenoxy) is 1. The van der Waals surface area contributed by atoms with E-state index in [4.69, 9.17) is 4.74 Å². The molecule has 0 N–H and O–H groups in total. The zero-order chi connectivity index (χ0) is 17.4. The van der Waals surface area contributed by atoms with Crippen LogP contribution in [0.15, 0.2) is 36.5 Å².